The minimum Gasteiger partial charge on any atom is -0.373 e. The second-order valence-electron chi connectivity index (χ2n) is 6.29. The van der Waals surface area contributed by atoms with E-state index >= 15 is 0 Å². The predicted octanol–water partition coefficient (Wildman–Crippen LogP) is 2.86. The fourth-order valence-corrected chi connectivity index (χ4v) is 2.56. The van der Waals surface area contributed by atoms with Gasteiger partial charge in [-0.2, -0.15) is 10.1 Å². The predicted molar refractivity (Wildman–Crippen MR) is 84.8 cm³/mol. The third-order valence-corrected chi connectivity index (χ3v) is 3.50. The SMILES string of the molecule is CC1CN(ON2CC(C)OC(C)C2)CC(C)O1.CCCC. The molecule has 0 aromatic rings. The van der Waals surface area contributed by atoms with Crippen molar-refractivity contribution in [3.63, 3.8) is 0 Å². The molecule has 4 atom stereocenters. The van der Waals surface area contributed by atoms with Crippen molar-refractivity contribution in [2.24, 2.45) is 0 Å². The van der Waals surface area contributed by atoms with Crippen LogP contribution in [0.3, 0.4) is 0 Å². The number of hydroxylamine groups is 4. The van der Waals surface area contributed by atoms with E-state index in [1.165, 1.54) is 12.8 Å². The third-order valence-electron chi connectivity index (χ3n) is 3.50. The first-order chi connectivity index (χ1) is 9.94. The number of unbranched alkanes of at least 4 members (excludes halogenated alkanes) is 1. The van der Waals surface area contributed by atoms with Gasteiger partial charge in [-0.1, -0.05) is 26.7 Å². The fourth-order valence-electron chi connectivity index (χ4n) is 2.56. The van der Waals surface area contributed by atoms with Crippen molar-refractivity contribution in [1.82, 2.24) is 10.1 Å². The highest BCUT2D eigenvalue weighted by Gasteiger charge is 2.28. The molecule has 2 heterocycles. The molecule has 0 bridgehead atoms. The van der Waals surface area contributed by atoms with Crippen LogP contribution in [0.1, 0.15) is 54.4 Å². The molecule has 5 heteroatoms. The molecule has 2 aliphatic rings. The molecule has 0 radical (unpaired) electrons. The Labute approximate surface area is 130 Å². The van der Waals surface area contributed by atoms with Crippen LogP contribution in [0.2, 0.25) is 0 Å². The van der Waals surface area contributed by atoms with Gasteiger partial charge in [0.25, 0.3) is 0 Å². The number of hydrogen-bond donors (Lipinski definition) is 0. The van der Waals surface area contributed by atoms with Gasteiger partial charge in [0.15, 0.2) is 0 Å². The van der Waals surface area contributed by atoms with Gasteiger partial charge in [-0.25, -0.2) is 4.94 Å². The maximum atomic E-state index is 5.92. The monoisotopic (exact) mass is 302 g/mol. The Hall–Kier alpha value is -0.200. The number of hydrogen-bond acceptors (Lipinski definition) is 5. The van der Waals surface area contributed by atoms with Gasteiger partial charge in [0.1, 0.15) is 0 Å². The van der Waals surface area contributed by atoms with Crippen molar-refractivity contribution in [3.8, 4) is 0 Å². The number of nitrogens with zero attached hydrogens (tertiary/aromatic N) is 2. The Morgan fingerprint density at radius 3 is 1.24 bits per heavy atom. The summed E-state index contributed by atoms with van der Waals surface area (Å²) < 4.78 is 11.4. The van der Waals surface area contributed by atoms with Crippen molar-refractivity contribution >= 4 is 0 Å². The molecule has 126 valence electrons. The molecule has 0 aromatic heterocycles. The first-order valence-corrected chi connectivity index (χ1v) is 8.43. The van der Waals surface area contributed by atoms with Gasteiger partial charge in [0, 0.05) is 0 Å². The average molecular weight is 302 g/mol. The minimum atomic E-state index is 0.231. The molecule has 2 fully saturated rings. The molecule has 2 rings (SSSR count). The van der Waals surface area contributed by atoms with E-state index in [9.17, 15) is 0 Å². The molecule has 0 N–H and O–H groups in total. The molecule has 0 aromatic carbocycles. The summed E-state index contributed by atoms with van der Waals surface area (Å²) in [5, 5.41) is 4.01. The van der Waals surface area contributed by atoms with Crippen LogP contribution in [0.25, 0.3) is 0 Å². The number of rotatable bonds is 3. The van der Waals surface area contributed by atoms with Gasteiger partial charge in [0.2, 0.25) is 0 Å². The summed E-state index contributed by atoms with van der Waals surface area (Å²) in [6, 6.07) is 0. The van der Waals surface area contributed by atoms with Crippen LogP contribution in [0.5, 0.6) is 0 Å². The smallest absolute Gasteiger partial charge is 0.0702 e. The molecule has 0 aliphatic carbocycles. The Balaban J connectivity index is 0.000000491. The molecule has 2 saturated heterocycles. The van der Waals surface area contributed by atoms with Gasteiger partial charge >= 0.3 is 0 Å². The highest BCUT2D eigenvalue weighted by atomic mass is 16.8. The van der Waals surface area contributed by atoms with Crippen molar-refractivity contribution in [1.29, 1.82) is 0 Å². The van der Waals surface area contributed by atoms with Crippen molar-refractivity contribution in [3.05, 3.63) is 0 Å². The molecule has 4 unspecified atom stereocenters. The minimum absolute atomic E-state index is 0.231. The summed E-state index contributed by atoms with van der Waals surface area (Å²) in [6.07, 6.45) is 3.56. The van der Waals surface area contributed by atoms with E-state index in [-0.39, 0.29) is 24.4 Å². The molecule has 2 aliphatic heterocycles. The molecular weight excluding hydrogens is 268 g/mol. The van der Waals surface area contributed by atoms with Crippen LogP contribution >= 0.6 is 0 Å². The molecule has 21 heavy (non-hydrogen) atoms. The van der Waals surface area contributed by atoms with Crippen LogP contribution < -0.4 is 0 Å². The lowest BCUT2D eigenvalue weighted by Crippen LogP contribution is -2.52. The van der Waals surface area contributed by atoms with Gasteiger partial charge in [-0.05, 0) is 27.7 Å². The van der Waals surface area contributed by atoms with Crippen molar-refractivity contribution < 1.29 is 14.4 Å². The molecule has 0 spiro atoms. The lowest BCUT2D eigenvalue weighted by Gasteiger charge is -2.40. The van der Waals surface area contributed by atoms with E-state index < -0.39 is 0 Å². The second kappa shape index (κ2) is 9.74. The standard InChI is InChI=1S/C12H24N2O3.C4H10/c1-9-5-13(6-10(2)15-9)17-14-7-11(3)16-12(4)8-14;1-3-4-2/h9-12H,5-8H2,1-4H3;3-4H2,1-2H3. The summed E-state index contributed by atoms with van der Waals surface area (Å²) in [6.45, 7) is 16.0. The van der Waals surface area contributed by atoms with E-state index in [1.54, 1.807) is 0 Å². The first kappa shape index (κ1) is 18.8. The summed E-state index contributed by atoms with van der Waals surface area (Å²) >= 11 is 0. The normalized spacial score (nSPS) is 35.1. The maximum Gasteiger partial charge on any atom is 0.0702 e. The summed E-state index contributed by atoms with van der Waals surface area (Å²) in [5.74, 6) is 0. The van der Waals surface area contributed by atoms with Crippen LogP contribution in [-0.2, 0) is 14.4 Å². The van der Waals surface area contributed by atoms with Crippen LogP contribution in [-0.4, -0.2) is 60.7 Å². The highest BCUT2D eigenvalue weighted by Crippen LogP contribution is 2.16. The molecular formula is C16H34N2O3. The van der Waals surface area contributed by atoms with Gasteiger partial charge in [-0.15, -0.1) is 0 Å². The molecule has 0 saturated carbocycles. The Kier molecular flexibility index (Phi) is 8.74. The number of ether oxygens (including phenoxy) is 2. The Morgan fingerprint density at radius 2 is 1.00 bits per heavy atom. The maximum absolute atomic E-state index is 5.92. The summed E-state index contributed by atoms with van der Waals surface area (Å²) in [4.78, 5) is 5.92. The quantitative estimate of drug-likeness (QED) is 0.801. The summed E-state index contributed by atoms with van der Waals surface area (Å²) in [5.41, 5.74) is 0. The van der Waals surface area contributed by atoms with Gasteiger partial charge < -0.3 is 9.47 Å². The lowest BCUT2D eigenvalue weighted by atomic mass is 10.2. The third kappa shape index (κ3) is 7.56. The van der Waals surface area contributed by atoms with E-state index in [1.807, 2.05) is 10.1 Å². The van der Waals surface area contributed by atoms with E-state index in [0.29, 0.717) is 0 Å². The van der Waals surface area contributed by atoms with E-state index in [4.69, 9.17) is 14.4 Å². The van der Waals surface area contributed by atoms with Gasteiger partial charge in [0.05, 0.1) is 50.6 Å². The molecule has 5 nitrogen and oxygen atoms in total. The molecule has 0 amide bonds. The zero-order valence-corrected chi connectivity index (χ0v) is 14.7. The van der Waals surface area contributed by atoms with Crippen LogP contribution in [0.15, 0.2) is 0 Å². The zero-order valence-electron chi connectivity index (χ0n) is 14.7. The van der Waals surface area contributed by atoms with Crippen molar-refractivity contribution in [2.45, 2.75) is 78.8 Å². The second-order valence-corrected chi connectivity index (χ2v) is 6.29. The van der Waals surface area contributed by atoms with E-state index in [0.717, 1.165) is 26.2 Å². The fraction of sp³-hybridized carbons (Fsp3) is 1.00. The van der Waals surface area contributed by atoms with E-state index in [2.05, 4.69) is 41.5 Å². The highest BCUT2D eigenvalue weighted by molar-refractivity contribution is 4.70. The van der Waals surface area contributed by atoms with Crippen LogP contribution in [0, 0.1) is 0 Å². The average Bonchev–Trinajstić information content (AvgIpc) is 2.36. The first-order valence-electron chi connectivity index (χ1n) is 8.43. The number of morpholine rings is 2. The van der Waals surface area contributed by atoms with Crippen molar-refractivity contribution in [2.75, 3.05) is 26.2 Å². The largest absolute Gasteiger partial charge is 0.373 e. The lowest BCUT2D eigenvalue weighted by molar-refractivity contribution is -0.369. The van der Waals surface area contributed by atoms with Crippen LogP contribution in [0.4, 0.5) is 0 Å². The Bertz CT molecular complexity index is 232. The summed E-state index contributed by atoms with van der Waals surface area (Å²) in [7, 11) is 0. The Morgan fingerprint density at radius 1 is 0.714 bits per heavy atom. The topological polar surface area (TPSA) is 34.2 Å². The van der Waals surface area contributed by atoms with Gasteiger partial charge in [-0.3, -0.25) is 0 Å². The zero-order chi connectivity index (χ0) is 15.8.